The number of halogens is 8. The van der Waals surface area contributed by atoms with Crippen LogP contribution in [0.3, 0.4) is 0 Å². The summed E-state index contributed by atoms with van der Waals surface area (Å²) < 4.78 is 52.9. The van der Waals surface area contributed by atoms with Crippen molar-refractivity contribution in [2.24, 2.45) is 23.7 Å². The Kier molecular flexibility index (Phi) is 11.1. The van der Waals surface area contributed by atoms with Crippen LogP contribution in [0, 0.1) is 23.7 Å². The van der Waals surface area contributed by atoms with E-state index in [4.69, 9.17) is 44.3 Å². The molecular weight excluding hydrogens is 998 g/mol. The number of amides is 4. The first kappa shape index (κ1) is 43.1. The molecule has 4 aromatic rings. The van der Waals surface area contributed by atoms with Gasteiger partial charge in [0.2, 0.25) is 0 Å². The molecule has 6 unspecified atom stereocenters. The summed E-state index contributed by atoms with van der Waals surface area (Å²) in [6, 6.07) is 14.4. The average Bonchev–Trinajstić information content (AvgIpc) is 3.61. The first-order chi connectivity index (χ1) is 28.9. The number of imide groups is 2. The zero-order chi connectivity index (χ0) is 44.0. The number of carbonyl (C=O) groups excluding carboxylic acids is 4. The third-order valence-corrected chi connectivity index (χ3v) is 15.0. The smallest absolute Gasteiger partial charge is 0.433 e. The summed E-state index contributed by atoms with van der Waals surface area (Å²) >= 11 is 26.2. The first-order valence-corrected chi connectivity index (χ1v) is 21.1. The Balaban J connectivity index is 1.33. The van der Waals surface area contributed by atoms with Crippen LogP contribution < -0.4 is 19.9 Å². The Morgan fingerprint density at radius 2 is 1.61 bits per heavy atom. The van der Waals surface area contributed by atoms with E-state index in [0.717, 1.165) is 21.1 Å². The third-order valence-electron chi connectivity index (χ3n) is 12.0. The van der Waals surface area contributed by atoms with Gasteiger partial charge in [-0.15, -0.1) is 0 Å². The maximum Gasteiger partial charge on any atom is 0.433 e. The van der Waals surface area contributed by atoms with Crippen LogP contribution in [-0.2, 0) is 30.8 Å². The van der Waals surface area contributed by atoms with Gasteiger partial charge in [-0.05, 0) is 110 Å². The molecule has 0 bridgehead atoms. The van der Waals surface area contributed by atoms with Crippen molar-refractivity contribution in [3.05, 3.63) is 113 Å². The van der Waals surface area contributed by atoms with Crippen molar-refractivity contribution < 1.29 is 46.9 Å². The Morgan fingerprint density at radius 3 is 2.25 bits per heavy atom. The van der Waals surface area contributed by atoms with Crippen LogP contribution in [0.1, 0.15) is 35.6 Å². The summed E-state index contributed by atoms with van der Waals surface area (Å²) in [5, 5.41) is 13.8. The highest BCUT2D eigenvalue weighted by atomic mass is 79.9. The lowest BCUT2D eigenvalue weighted by Gasteiger charge is -2.51. The molecule has 3 aromatic carbocycles. The van der Waals surface area contributed by atoms with Gasteiger partial charge in [0.05, 0.1) is 57.6 Å². The first-order valence-electron chi connectivity index (χ1n) is 18.4. The fourth-order valence-corrected chi connectivity index (χ4v) is 11.0. The molecular formula is C41H31Br2Cl3F3N5O7. The molecule has 3 heterocycles. The highest BCUT2D eigenvalue weighted by molar-refractivity contribution is 9.13. The number of anilines is 2. The number of benzene rings is 3. The number of carbonyl (C=O) groups is 4. The van der Waals surface area contributed by atoms with Crippen LogP contribution in [0.25, 0.3) is 0 Å². The normalized spacial score (nSPS) is 24.6. The molecule has 2 aliphatic carbocycles. The molecule has 20 heteroatoms. The molecule has 2 N–H and O–H groups in total. The van der Waals surface area contributed by atoms with Crippen LogP contribution >= 0.6 is 66.7 Å². The molecule has 1 saturated carbocycles. The standard InChI is InChI=1S/C41H31Br2Cl3F3N5O7/c1-52(35-25(45)11-13-29(50-35)41(47,48)49)54-36(56)21-10-9-20-22(30(21)38(54)58)15-24-37(57)53(51-27-12-6-18(44)14-26(27)46)39(59)40(24,17-4-7-19(60-2)8-5-17)31(20)23-16-28(61-3)34(55)33(43)32(23)42/h4-9,11-14,16,21-22,24,30-31,51,55H,10,15H2,1-3H3. The second kappa shape index (κ2) is 15.7. The molecule has 2 saturated heterocycles. The lowest BCUT2D eigenvalue weighted by molar-refractivity contribution is -0.142. The van der Waals surface area contributed by atoms with Crippen molar-refractivity contribution in [2.75, 3.05) is 31.7 Å². The number of hydrogen-bond acceptors (Lipinski definition) is 10. The number of phenols is 1. The number of nitrogens with zero attached hydrogens (tertiary/aromatic N) is 4. The Hall–Kier alpha value is -4.55. The van der Waals surface area contributed by atoms with Crippen molar-refractivity contribution in [1.29, 1.82) is 0 Å². The van der Waals surface area contributed by atoms with Crippen molar-refractivity contribution in [1.82, 2.24) is 15.0 Å². The number of aromatic hydroxyl groups is 1. The summed E-state index contributed by atoms with van der Waals surface area (Å²) in [5.74, 6) is -8.45. The summed E-state index contributed by atoms with van der Waals surface area (Å²) in [6.07, 6.45) is -3.22. The van der Waals surface area contributed by atoms with Gasteiger partial charge < -0.3 is 14.6 Å². The minimum absolute atomic E-state index is 0.0203. The van der Waals surface area contributed by atoms with E-state index in [1.807, 2.05) is 0 Å². The molecule has 2 aliphatic heterocycles. The van der Waals surface area contributed by atoms with Gasteiger partial charge in [0.25, 0.3) is 23.6 Å². The molecule has 8 rings (SSSR count). The largest absolute Gasteiger partial charge is 0.503 e. The number of phenolic OH excluding ortho intramolecular Hbond substituents is 1. The number of hydrogen-bond donors (Lipinski definition) is 2. The van der Waals surface area contributed by atoms with E-state index >= 15 is 9.59 Å². The molecule has 0 spiro atoms. The number of fused-ring (bicyclic) bond motifs is 4. The maximum absolute atomic E-state index is 15.6. The van der Waals surface area contributed by atoms with E-state index in [0.29, 0.717) is 38.0 Å². The molecule has 1 aromatic heterocycles. The predicted octanol–water partition coefficient (Wildman–Crippen LogP) is 9.34. The maximum atomic E-state index is 15.6. The van der Waals surface area contributed by atoms with Crippen molar-refractivity contribution in [3.63, 3.8) is 0 Å². The van der Waals surface area contributed by atoms with Gasteiger partial charge in [0, 0.05) is 22.5 Å². The quantitative estimate of drug-likeness (QED) is 0.130. The second-order valence-electron chi connectivity index (χ2n) is 14.9. The van der Waals surface area contributed by atoms with Gasteiger partial charge in [0.1, 0.15) is 11.4 Å². The van der Waals surface area contributed by atoms with E-state index in [9.17, 15) is 27.9 Å². The molecule has 318 valence electrons. The van der Waals surface area contributed by atoms with Gasteiger partial charge in [-0.25, -0.2) is 4.98 Å². The van der Waals surface area contributed by atoms with E-state index in [1.165, 1.54) is 39.5 Å². The van der Waals surface area contributed by atoms with Gasteiger partial charge in [-0.2, -0.15) is 23.2 Å². The molecule has 4 amide bonds. The zero-order valence-corrected chi connectivity index (χ0v) is 37.3. The van der Waals surface area contributed by atoms with Crippen LogP contribution in [0.5, 0.6) is 17.2 Å². The fourth-order valence-electron chi connectivity index (χ4n) is 9.36. The number of nitrogens with one attached hydrogen (secondary N) is 1. The van der Waals surface area contributed by atoms with Gasteiger partial charge in [-0.3, -0.25) is 29.6 Å². The number of alkyl halides is 3. The SMILES string of the molecule is COc1ccc(C23C(=O)N(Nc4ccc(Cl)cc4Cl)C(=O)C2CC2C(=CCC4C(=O)N(N(C)c5nc(C(F)(F)F)ccc5Cl)C(=O)C42)C3c2cc(OC)c(O)c(Br)c2Br)cc1. The highest BCUT2D eigenvalue weighted by Crippen LogP contribution is 2.66. The molecule has 6 atom stereocenters. The molecule has 61 heavy (non-hydrogen) atoms. The van der Waals surface area contributed by atoms with Crippen LogP contribution in [0.2, 0.25) is 15.1 Å². The van der Waals surface area contributed by atoms with Crippen LogP contribution in [0.4, 0.5) is 24.7 Å². The van der Waals surface area contributed by atoms with Crippen LogP contribution in [-0.4, -0.2) is 65.0 Å². The fraction of sp³-hybridized carbons (Fsp3) is 0.293. The van der Waals surface area contributed by atoms with Crippen LogP contribution in [0.15, 0.2) is 81.3 Å². The number of ether oxygens (including phenoxy) is 2. The van der Waals surface area contributed by atoms with E-state index in [1.54, 1.807) is 36.4 Å². The number of rotatable bonds is 8. The van der Waals surface area contributed by atoms with E-state index < -0.39 is 76.3 Å². The second-order valence-corrected chi connectivity index (χ2v) is 17.7. The number of hydrazine groups is 2. The molecule has 12 nitrogen and oxygen atoms in total. The highest BCUT2D eigenvalue weighted by Gasteiger charge is 2.71. The van der Waals surface area contributed by atoms with Crippen molar-refractivity contribution >= 4 is 102 Å². The third kappa shape index (κ3) is 6.64. The number of methoxy groups -OCH3 is 2. The lowest BCUT2D eigenvalue weighted by Crippen LogP contribution is -2.53. The van der Waals surface area contributed by atoms with E-state index in [2.05, 4.69) is 42.3 Å². The number of aromatic nitrogens is 1. The Labute approximate surface area is 377 Å². The van der Waals surface area contributed by atoms with Gasteiger partial charge in [0.15, 0.2) is 17.3 Å². The van der Waals surface area contributed by atoms with Gasteiger partial charge in [-0.1, -0.05) is 58.6 Å². The summed E-state index contributed by atoms with van der Waals surface area (Å²) in [5.41, 5.74) is 1.38. The monoisotopic (exact) mass is 1020 g/mol. The average molecular weight is 1030 g/mol. The lowest BCUT2D eigenvalue weighted by atomic mass is 9.49. The molecule has 3 fully saturated rings. The number of pyridine rings is 1. The number of allylic oxidation sites excluding steroid dienone is 2. The summed E-state index contributed by atoms with van der Waals surface area (Å²) in [6.45, 7) is 0. The van der Waals surface area contributed by atoms with Crippen molar-refractivity contribution in [2.45, 2.75) is 30.4 Å². The Bertz CT molecular complexity index is 2590. The zero-order valence-electron chi connectivity index (χ0n) is 31.9. The summed E-state index contributed by atoms with van der Waals surface area (Å²) in [7, 11) is 4.05. The van der Waals surface area contributed by atoms with E-state index in [-0.39, 0.29) is 44.5 Å². The predicted molar refractivity (Wildman–Crippen MR) is 225 cm³/mol. The minimum atomic E-state index is -4.85. The van der Waals surface area contributed by atoms with Gasteiger partial charge >= 0.3 is 6.18 Å². The molecule has 0 radical (unpaired) electrons. The summed E-state index contributed by atoms with van der Waals surface area (Å²) in [4.78, 5) is 63.5. The molecule has 4 aliphatic rings. The topological polar surface area (TPSA) is 142 Å². The van der Waals surface area contributed by atoms with Crippen molar-refractivity contribution in [3.8, 4) is 17.2 Å². The minimum Gasteiger partial charge on any atom is -0.503 e. The Morgan fingerprint density at radius 1 is 0.902 bits per heavy atom.